The van der Waals surface area contributed by atoms with E-state index in [0.717, 1.165) is 44.1 Å². The number of benzene rings is 2. The normalized spacial score (nSPS) is 12.4. The lowest BCUT2D eigenvalue weighted by molar-refractivity contribution is -0.115. The molecule has 1 unspecified atom stereocenters. The number of carbonyl (C=O) groups is 1. The van der Waals surface area contributed by atoms with Crippen LogP contribution in [-0.2, 0) is 4.79 Å². The third-order valence-corrected chi connectivity index (χ3v) is 6.00. The molecule has 28 heavy (non-hydrogen) atoms. The summed E-state index contributed by atoms with van der Waals surface area (Å²) >= 11 is 1.42. The van der Waals surface area contributed by atoms with Gasteiger partial charge in [-0.1, -0.05) is 48.2 Å². The number of rotatable bonds is 4. The molecule has 0 saturated carbocycles. The minimum absolute atomic E-state index is 0.0458. The molecule has 2 heterocycles. The topological polar surface area (TPSA) is 59.3 Å². The Kier molecular flexibility index (Phi) is 4.81. The van der Waals surface area contributed by atoms with Crippen molar-refractivity contribution in [1.82, 2.24) is 14.6 Å². The number of aryl methyl sites for hydroxylation is 3. The van der Waals surface area contributed by atoms with Gasteiger partial charge in [-0.2, -0.15) is 0 Å². The van der Waals surface area contributed by atoms with Crippen LogP contribution in [0.2, 0.25) is 0 Å². The van der Waals surface area contributed by atoms with E-state index in [-0.39, 0.29) is 11.2 Å². The van der Waals surface area contributed by atoms with Crippen molar-refractivity contribution < 1.29 is 4.79 Å². The number of nitrogens with zero attached hydrogens (tertiary/aromatic N) is 3. The lowest BCUT2D eigenvalue weighted by Crippen LogP contribution is -2.23. The van der Waals surface area contributed by atoms with Crippen molar-refractivity contribution in [3.63, 3.8) is 0 Å². The van der Waals surface area contributed by atoms with Gasteiger partial charge in [-0.15, -0.1) is 10.2 Å². The van der Waals surface area contributed by atoms with E-state index in [0.29, 0.717) is 0 Å². The summed E-state index contributed by atoms with van der Waals surface area (Å²) in [7, 11) is 0. The molecule has 2 aromatic carbocycles. The molecule has 142 valence electrons. The predicted molar refractivity (Wildman–Crippen MR) is 115 cm³/mol. The Hall–Kier alpha value is -2.86. The van der Waals surface area contributed by atoms with Crippen molar-refractivity contribution in [2.24, 2.45) is 0 Å². The summed E-state index contributed by atoms with van der Waals surface area (Å²) in [5.41, 5.74) is 5.99. The maximum absolute atomic E-state index is 12.8. The SMILES string of the molecule is Cc1cccc(C)c1NC(=O)C(C)Sc1nnc2cc(C)c3ccccc3n12. The van der Waals surface area contributed by atoms with Gasteiger partial charge in [0, 0.05) is 11.1 Å². The van der Waals surface area contributed by atoms with Gasteiger partial charge in [0.25, 0.3) is 0 Å². The summed E-state index contributed by atoms with van der Waals surface area (Å²) in [6.07, 6.45) is 0. The smallest absolute Gasteiger partial charge is 0.237 e. The van der Waals surface area contributed by atoms with Gasteiger partial charge in [-0.25, -0.2) is 0 Å². The first-order valence-electron chi connectivity index (χ1n) is 9.23. The van der Waals surface area contributed by atoms with Gasteiger partial charge >= 0.3 is 0 Å². The van der Waals surface area contributed by atoms with Crippen LogP contribution in [0.1, 0.15) is 23.6 Å². The summed E-state index contributed by atoms with van der Waals surface area (Å²) in [6, 6.07) is 16.2. The number of amides is 1. The molecule has 2 aromatic heterocycles. The van der Waals surface area contributed by atoms with Gasteiger partial charge in [0.2, 0.25) is 5.91 Å². The molecule has 0 aliphatic carbocycles. The van der Waals surface area contributed by atoms with Crippen molar-refractivity contribution in [3.8, 4) is 0 Å². The maximum atomic E-state index is 12.8. The molecule has 1 atom stereocenters. The summed E-state index contributed by atoms with van der Waals surface area (Å²) in [5, 5.41) is 13.3. The fourth-order valence-electron chi connectivity index (χ4n) is 3.40. The highest BCUT2D eigenvalue weighted by atomic mass is 32.2. The average Bonchev–Trinajstić information content (AvgIpc) is 3.07. The fraction of sp³-hybridized carbons (Fsp3) is 0.227. The van der Waals surface area contributed by atoms with E-state index in [1.165, 1.54) is 11.8 Å². The quantitative estimate of drug-likeness (QED) is 0.502. The van der Waals surface area contributed by atoms with E-state index in [1.54, 1.807) is 0 Å². The zero-order valence-corrected chi connectivity index (χ0v) is 17.2. The number of hydrogen-bond donors (Lipinski definition) is 1. The van der Waals surface area contributed by atoms with Crippen LogP contribution in [0.25, 0.3) is 16.6 Å². The van der Waals surface area contributed by atoms with Gasteiger partial charge in [0.05, 0.1) is 10.8 Å². The molecule has 1 amide bonds. The Bertz CT molecular complexity index is 1180. The zero-order chi connectivity index (χ0) is 19.8. The minimum atomic E-state index is -0.313. The van der Waals surface area contributed by atoms with E-state index in [4.69, 9.17) is 0 Å². The molecular weight excluding hydrogens is 368 g/mol. The molecule has 1 N–H and O–H groups in total. The third-order valence-electron chi connectivity index (χ3n) is 4.95. The number of anilines is 1. The third kappa shape index (κ3) is 3.24. The Balaban J connectivity index is 1.65. The first-order valence-corrected chi connectivity index (χ1v) is 10.1. The zero-order valence-electron chi connectivity index (χ0n) is 16.4. The highest BCUT2D eigenvalue weighted by Crippen LogP contribution is 2.29. The second-order valence-corrected chi connectivity index (χ2v) is 8.34. The van der Waals surface area contributed by atoms with Crippen LogP contribution in [-0.4, -0.2) is 25.8 Å². The number of hydrogen-bond acceptors (Lipinski definition) is 4. The van der Waals surface area contributed by atoms with Crippen LogP contribution < -0.4 is 5.32 Å². The average molecular weight is 391 g/mol. The van der Waals surface area contributed by atoms with Crippen LogP contribution >= 0.6 is 11.8 Å². The molecule has 0 aliphatic heterocycles. The van der Waals surface area contributed by atoms with Crippen LogP contribution in [0, 0.1) is 20.8 Å². The number of pyridine rings is 1. The van der Waals surface area contributed by atoms with Crippen molar-refractivity contribution in [1.29, 1.82) is 0 Å². The van der Waals surface area contributed by atoms with Gasteiger partial charge in [0.1, 0.15) is 0 Å². The van der Waals surface area contributed by atoms with Crippen molar-refractivity contribution in [3.05, 3.63) is 65.2 Å². The molecule has 0 aliphatic rings. The summed E-state index contributed by atoms with van der Waals surface area (Å²) in [5.74, 6) is -0.0458. The van der Waals surface area contributed by atoms with E-state index in [2.05, 4.69) is 34.6 Å². The lowest BCUT2D eigenvalue weighted by Gasteiger charge is -2.15. The molecular formula is C22H22N4OS. The Morgan fingerprint density at radius 1 is 1.00 bits per heavy atom. The number of aromatic nitrogens is 3. The highest BCUT2D eigenvalue weighted by Gasteiger charge is 2.20. The summed E-state index contributed by atoms with van der Waals surface area (Å²) < 4.78 is 2.02. The molecule has 0 radical (unpaired) electrons. The Morgan fingerprint density at radius 3 is 2.46 bits per heavy atom. The second-order valence-electron chi connectivity index (χ2n) is 7.04. The number of thioether (sulfide) groups is 1. The van der Waals surface area contributed by atoms with Crippen molar-refractivity contribution in [2.45, 2.75) is 38.1 Å². The first kappa shape index (κ1) is 18.5. The number of carbonyl (C=O) groups excluding carboxylic acids is 1. The summed E-state index contributed by atoms with van der Waals surface area (Å²) in [6.45, 7) is 7.97. The minimum Gasteiger partial charge on any atom is -0.325 e. The fourth-order valence-corrected chi connectivity index (χ4v) is 4.27. The molecule has 6 heteroatoms. The molecule has 5 nitrogen and oxygen atoms in total. The molecule has 4 aromatic rings. The van der Waals surface area contributed by atoms with Gasteiger partial charge < -0.3 is 5.32 Å². The number of nitrogens with one attached hydrogen (secondary N) is 1. The van der Waals surface area contributed by atoms with Gasteiger partial charge in [-0.05, 0) is 56.5 Å². The van der Waals surface area contributed by atoms with Crippen LogP contribution in [0.3, 0.4) is 0 Å². The monoisotopic (exact) mass is 390 g/mol. The highest BCUT2D eigenvalue weighted by molar-refractivity contribution is 8.00. The number of fused-ring (bicyclic) bond motifs is 3. The number of para-hydroxylation sites is 2. The van der Waals surface area contributed by atoms with Gasteiger partial charge in [0.15, 0.2) is 10.8 Å². The molecule has 0 fully saturated rings. The Labute approximate surface area is 168 Å². The van der Waals surface area contributed by atoms with Crippen molar-refractivity contribution in [2.75, 3.05) is 5.32 Å². The standard InChI is InChI=1S/C22H22N4OS/c1-13-8-7-9-14(2)20(13)23-21(27)16(4)28-22-25-24-19-12-15(3)17-10-5-6-11-18(17)26(19)22/h5-12,16H,1-4H3,(H,23,27). The van der Waals surface area contributed by atoms with E-state index >= 15 is 0 Å². The largest absolute Gasteiger partial charge is 0.325 e. The van der Waals surface area contributed by atoms with Crippen LogP contribution in [0.5, 0.6) is 0 Å². The molecule has 0 bridgehead atoms. The molecule has 0 spiro atoms. The summed E-state index contributed by atoms with van der Waals surface area (Å²) in [4.78, 5) is 12.8. The molecule has 0 saturated heterocycles. The van der Waals surface area contributed by atoms with E-state index in [9.17, 15) is 4.79 Å². The van der Waals surface area contributed by atoms with Crippen LogP contribution in [0.15, 0.2) is 53.7 Å². The predicted octanol–water partition coefficient (Wildman–Crippen LogP) is 4.93. The lowest BCUT2D eigenvalue weighted by atomic mass is 10.1. The maximum Gasteiger partial charge on any atom is 0.237 e. The van der Waals surface area contributed by atoms with Gasteiger partial charge in [-0.3, -0.25) is 9.20 Å². The first-order chi connectivity index (χ1) is 13.5. The molecule has 4 rings (SSSR count). The van der Waals surface area contributed by atoms with E-state index in [1.807, 2.05) is 61.6 Å². The Morgan fingerprint density at radius 2 is 1.71 bits per heavy atom. The van der Waals surface area contributed by atoms with Crippen LogP contribution in [0.4, 0.5) is 5.69 Å². The van der Waals surface area contributed by atoms with E-state index < -0.39 is 0 Å². The van der Waals surface area contributed by atoms with Crippen molar-refractivity contribution >= 4 is 39.9 Å². The second kappa shape index (κ2) is 7.28.